The fraction of sp³-hybridized carbons (Fsp3) is 0.462. The summed E-state index contributed by atoms with van der Waals surface area (Å²) in [5.41, 5.74) is 0.686. The number of anilines is 1. The maximum Gasteiger partial charge on any atom is 0.313 e. The van der Waals surface area contributed by atoms with Gasteiger partial charge in [-0.05, 0) is 0 Å². The Morgan fingerprint density at radius 1 is 1.17 bits per heavy atom. The first-order valence-electron chi connectivity index (χ1n) is 7.11. The highest BCUT2D eigenvalue weighted by molar-refractivity contribution is 8.00. The van der Waals surface area contributed by atoms with Crippen LogP contribution in [0.5, 0.6) is 0 Å². The topological polar surface area (TPSA) is 104 Å². The molecule has 0 aromatic carbocycles. The first-order valence-corrected chi connectivity index (χ1v) is 8.26. The summed E-state index contributed by atoms with van der Waals surface area (Å²) in [6, 6.07) is 0. The van der Waals surface area contributed by atoms with Crippen LogP contribution in [0.1, 0.15) is 0 Å². The number of aromatic nitrogens is 4. The lowest BCUT2D eigenvalue weighted by molar-refractivity contribution is -0.133. The van der Waals surface area contributed by atoms with Crippen LogP contribution in [0, 0.1) is 0 Å². The van der Waals surface area contributed by atoms with Gasteiger partial charge in [0.1, 0.15) is 6.33 Å². The molecule has 2 aromatic rings. The molecular weight excluding hydrogens is 320 g/mol. The number of carboxylic acid groups (broad SMARTS) is 1. The van der Waals surface area contributed by atoms with Gasteiger partial charge in [0.05, 0.1) is 23.9 Å². The summed E-state index contributed by atoms with van der Waals surface area (Å²) in [5, 5.41) is 12.8. The number of nitrogens with zero attached hydrogens (tertiary/aromatic N) is 6. The van der Waals surface area contributed by atoms with Gasteiger partial charge in [-0.3, -0.25) is 14.6 Å². The zero-order valence-electron chi connectivity index (χ0n) is 12.3. The van der Waals surface area contributed by atoms with Gasteiger partial charge in [-0.15, -0.1) is 11.8 Å². The molecule has 1 aliphatic rings. The number of hydrogen-bond acceptors (Lipinski definition) is 7. The van der Waals surface area contributed by atoms with Crippen molar-refractivity contribution in [2.75, 3.05) is 42.6 Å². The van der Waals surface area contributed by atoms with Gasteiger partial charge in [-0.2, -0.15) is 9.61 Å². The standard InChI is InChI=1S/C13H16N6O3S/c20-12(7-23-8-13(21)22)18-3-1-17(2-4-18)11-6-14-5-10-15-9-16-19(10)11/h5-6,9H,1-4,7-8H2,(H,21,22). The highest BCUT2D eigenvalue weighted by atomic mass is 32.2. The average Bonchev–Trinajstić information content (AvgIpc) is 3.03. The van der Waals surface area contributed by atoms with Gasteiger partial charge in [0.15, 0.2) is 11.5 Å². The van der Waals surface area contributed by atoms with Crippen LogP contribution in [0.4, 0.5) is 5.82 Å². The fourth-order valence-electron chi connectivity index (χ4n) is 2.46. The zero-order chi connectivity index (χ0) is 16.2. The summed E-state index contributed by atoms with van der Waals surface area (Å²) >= 11 is 1.13. The third kappa shape index (κ3) is 3.52. The van der Waals surface area contributed by atoms with E-state index in [9.17, 15) is 9.59 Å². The Morgan fingerprint density at radius 2 is 1.96 bits per heavy atom. The second-order valence-corrected chi connectivity index (χ2v) is 6.04. The molecule has 10 heteroatoms. The number of carbonyl (C=O) groups is 2. The first-order chi connectivity index (χ1) is 11.1. The Bertz CT molecular complexity index is 713. The monoisotopic (exact) mass is 336 g/mol. The highest BCUT2D eigenvalue weighted by Gasteiger charge is 2.23. The third-order valence-corrected chi connectivity index (χ3v) is 4.48. The van der Waals surface area contributed by atoms with Gasteiger partial charge in [0, 0.05) is 26.2 Å². The maximum atomic E-state index is 12.0. The lowest BCUT2D eigenvalue weighted by Crippen LogP contribution is -2.49. The summed E-state index contributed by atoms with van der Waals surface area (Å²) in [4.78, 5) is 34.7. The Hall–Kier alpha value is -2.36. The Kier molecular flexibility index (Phi) is 4.60. The van der Waals surface area contributed by atoms with E-state index in [1.807, 2.05) is 0 Å². The van der Waals surface area contributed by atoms with Crippen LogP contribution in [-0.2, 0) is 9.59 Å². The molecule has 1 amide bonds. The molecule has 9 nitrogen and oxygen atoms in total. The van der Waals surface area contributed by atoms with Crippen LogP contribution in [0.25, 0.3) is 5.65 Å². The van der Waals surface area contributed by atoms with Crippen molar-refractivity contribution in [2.45, 2.75) is 0 Å². The van der Waals surface area contributed by atoms with Crippen LogP contribution < -0.4 is 4.90 Å². The molecule has 0 bridgehead atoms. The van der Waals surface area contributed by atoms with Crippen molar-refractivity contribution in [3.8, 4) is 0 Å². The van der Waals surface area contributed by atoms with Gasteiger partial charge in [-0.25, -0.2) is 4.98 Å². The summed E-state index contributed by atoms with van der Waals surface area (Å²) in [6.07, 6.45) is 4.87. The molecule has 0 spiro atoms. The van der Waals surface area contributed by atoms with Crippen molar-refractivity contribution in [3.63, 3.8) is 0 Å². The fourth-order valence-corrected chi connectivity index (χ4v) is 3.09. The van der Waals surface area contributed by atoms with E-state index in [0.717, 1.165) is 17.6 Å². The summed E-state index contributed by atoms with van der Waals surface area (Å²) in [7, 11) is 0. The number of piperazine rings is 1. The van der Waals surface area contributed by atoms with Gasteiger partial charge in [-0.1, -0.05) is 0 Å². The smallest absolute Gasteiger partial charge is 0.313 e. The van der Waals surface area contributed by atoms with E-state index in [1.54, 1.807) is 21.8 Å². The second-order valence-electron chi connectivity index (χ2n) is 5.05. The second kappa shape index (κ2) is 6.82. The van der Waals surface area contributed by atoms with Crippen molar-refractivity contribution < 1.29 is 14.7 Å². The molecule has 1 saturated heterocycles. The van der Waals surface area contributed by atoms with Crippen LogP contribution >= 0.6 is 11.8 Å². The Labute approximate surface area is 136 Å². The first kappa shape index (κ1) is 15.5. The summed E-state index contributed by atoms with van der Waals surface area (Å²) in [5.74, 6) is 0.0828. The molecule has 0 radical (unpaired) electrons. The lowest BCUT2D eigenvalue weighted by Gasteiger charge is -2.35. The van der Waals surface area contributed by atoms with Gasteiger partial charge in [0.25, 0.3) is 0 Å². The van der Waals surface area contributed by atoms with Crippen LogP contribution in [0.3, 0.4) is 0 Å². The Balaban J connectivity index is 1.57. The quantitative estimate of drug-likeness (QED) is 0.786. The van der Waals surface area contributed by atoms with E-state index in [2.05, 4.69) is 20.0 Å². The molecule has 122 valence electrons. The number of hydrogen-bond donors (Lipinski definition) is 1. The third-order valence-electron chi connectivity index (χ3n) is 3.58. The molecule has 2 aromatic heterocycles. The number of carboxylic acids is 1. The molecule has 1 N–H and O–H groups in total. The molecule has 0 saturated carbocycles. The summed E-state index contributed by atoms with van der Waals surface area (Å²) < 4.78 is 1.73. The predicted octanol–water partition coefficient (Wildman–Crippen LogP) is -0.409. The molecule has 3 heterocycles. The molecule has 23 heavy (non-hydrogen) atoms. The van der Waals surface area contributed by atoms with Gasteiger partial charge in [0.2, 0.25) is 5.91 Å². The maximum absolute atomic E-state index is 12.0. The molecule has 1 aliphatic heterocycles. The van der Waals surface area contributed by atoms with E-state index in [4.69, 9.17) is 5.11 Å². The number of thioether (sulfide) groups is 1. The van der Waals surface area contributed by atoms with Gasteiger partial charge < -0.3 is 14.9 Å². The normalized spacial score (nSPS) is 15.1. The molecule has 0 aliphatic carbocycles. The number of aliphatic carboxylic acids is 1. The molecular formula is C13H16N6O3S. The van der Waals surface area contributed by atoms with Crippen LogP contribution in [-0.4, -0.2) is 79.1 Å². The van der Waals surface area contributed by atoms with E-state index in [-0.39, 0.29) is 17.4 Å². The van der Waals surface area contributed by atoms with Gasteiger partial charge >= 0.3 is 5.97 Å². The molecule has 1 fully saturated rings. The van der Waals surface area contributed by atoms with E-state index in [1.165, 1.54) is 6.33 Å². The lowest BCUT2D eigenvalue weighted by atomic mass is 10.3. The highest BCUT2D eigenvalue weighted by Crippen LogP contribution is 2.16. The van der Waals surface area contributed by atoms with E-state index < -0.39 is 5.97 Å². The van der Waals surface area contributed by atoms with E-state index in [0.29, 0.717) is 31.8 Å². The number of rotatable bonds is 5. The van der Waals surface area contributed by atoms with Crippen LogP contribution in [0.15, 0.2) is 18.7 Å². The van der Waals surface area contributed by atoms with Crippen molar-refractivity contribution in [3.05, 3.63) is 18.7 Å². The van der Waals surface area contributed by atoms with Crippen molar-refractivity contribution in [1.29, 1.82) is 0 Å². The number of carbonyl (C=O) groups excluding carboxylic acids is 1. The average molecular weight is 336 g/mol. The Morgan fingerprint density at radius 3 is 2.70 bits per heavy atom. The van der Waals surface area contributed by atoms with Crippen molar-refractivity contribution >= 4 is 35.1 Å². The van der Waals surface area contributed by atoms with Crippen molar-refractivity contribution in [1.82, 2.24) is 24.5 Å². The SMILES string of the molecule is O=C(O)CSCC(=O)N1CCN(c2cncc3ncnn23)CC1. The summed E-state index contributed by atoms with van der Waals surface area (Å²) in [6.45, 7) is 2.54. The van der Waals surface area contributed by atoms with Crippen LogP contribution in [0.2, 0.25) is 0 Å². The minimum atomic E-state index is -0.902. The van der Waals surface area contributed by atoms with E-state index >= 15 is 0 Å². The zero-order valence-corrected chi connectivity index (χ0v) is 13.1. The minimum Gasteiger partial charge on any atom is -0.481 e. The molecule has 3 rings (SSSR count). The molecule has 0 unspecified atom stereocenters. The number of fused-ring (bicyclic) bond motifs is 1. The number of amides is 1. The predicted molar refractivity (Wildman–Crippen MR) is 84.5 cm³/mol. The largest absolute Gasteiger partial charge is 0.481 e. The molecule has 0 atom stereocenters. The van der Waals surface area contributed by atoms with Crippen molar-refractivity contribution in [2.24, 2.45) is 0 Å². The minimum absolute atomic E-state index is 0.0204.